The molecule has 0 aliphatic carbocycles. The van der Waals surface area contributed by atoms with E-state index in [1.54, 1.807) is 12.1 Å². The van der Waals surface area contributed by atoms with Crippen molar-refractivity contribution in [2.24, 2.45) is 5.73 Å². The van der Waals surface area contributed by atoms with Gasteiger partial charge in [0.1, 0.15) is 0 Å². The van der Waals surface area contributed by atoms with Gasteiger partial charge < -0.3 is 10.5 Å². The van der Waals surface area contributed by atoms with Crippen LogP contribution in [0.25, 0.3) is 0 Å². The highest BCUT2D eigenvalue weighted by Gasteiger charge is 2.18. The molecule has 0 saturated heterocycles. The van der Waals surface area contributed by atoms with Gasteiger partial charge in [-0.25, -0.2) is 4.79 Å². The molecule has 3 nitrogen and oxygen atoms in total. The van der Waals surface area contributed by atoms with Crippen LogP contribution >= 0.6 is 0 Å². The van der Waals surface area contributed by atoms with Gasteiger partial charge in [-0.3, -0.25) is 0 Å². The Bertz CT molecular complexity index is 341. The third-order valence-electron chi connectivity index (χ3n) is 2.60. The van der Waals surface area contributed by atoms with Gasteiger partial charge in [0, 0.05) is 12.0 Å². The van der Waals surface area contributed by atoms with Crippen LogP contribution in [0.15, 0.2) is 24.3 Å². The molecule has 2 N–H and O–H groups in total. The van der Waals surface area contributed by atoms with Crippen molar-refractivity contribution in [3.63, 3.8) is 0 Å². The molecule has 0 heterocycles. The van der Waals surface area contributed by atoms with Gasteiger partial charge in [0.05, 0.1) is 12.7 Å². The summed E-state index contributed by atoms with van der Waals surface area (Å²) in [6.07, 6.45) is 0. The van der Waals surface area contributed by atoms with E-state index in [2.05, 4.69) is 18.6 Å². The van der Waals surface area contributed by atoms with Crippen LogP contribution in [0.5, 0.6) is 0 Å². The largest absolute Gasteiger partial charge is 0.465 e. The summed E-state index contributed by atoms with van der Waals surface area (Å²) in [7, 11) is 1.38. The number of ether oxygens (including phenoxy) is 1. The van der Waals surface area contributed by atoms with Crippen LogP contribution in [0.3, 0.4) is 0 Å². The van der Waals surface area contributed by atoms with Gasteiger partial charge in [-0.2, -0.15) is 0 Å². The number of nitrogens with two attached hydrogens (primary N) is 1. The van der Waals surface area contributed by atoms with E-state index in [0.29, 0.717) is 12.1 Å². The number of methoxy groups -OCH3 is 1. The van der Waals surface area contributed by atoms with Crippen molar-refractivity contribution in [1.82, 2.24) is 0 Å². The summed E-state index contributed by atoms with van der Waals surface area (Å²) in [5.74, 6) is -0.313. The van der Waals surface area contributed by atoms with E-state index in [4.69, 9.17) is 5.73 Å². The maximum absolute atomic E-state index is 11.2. The lowest BCUT2D eigenvalue weighted by atomic mass is 9.84. The van der Waals surface area contributed by atoms with Crippen molar-refractivity contribution >= 4 is 5.97 Å². The second-order valence-corrected chi connectivity index (χ2v) is 4.16. The summed E-state index contributed by atoms with van der Waals surface area (Å²) >= 11 is 0. The zero-order valence-corrected chi connectivity index (χ0v) is 9.41. The normalized spacial score (nSPS) is 11.2. The first-order chi connectivity index (χ1) is 7.01. The SMILES string of the molecule is COC(=O)c1ccc(C(C)(C)CN)cc1. The Kier molecular flexibility index (Phi) is 3.48. The van der Waals surface area contributed by atoms with Crippen LogP contribution in [0.2, 0.25) is 0 Å². The lowest BCUT2D eigenvalue weighted by Gasteiger charge is -2.22. The molecule has 1 aromatic carbocycles. The maximum atomic E-state index is 11.2. The van der Waals surface area contributed by atoms with Gasteiger partial charge >= 0.3 is 5.97 Å². The van der Waals surface area contributed by atoms with E-state index in [1.807, 2.05) is 12.1 Å². The number of hydrogen-bond acceptors (Lipinski definition) is 3. The second-order valence-electron chi connectivity index (χ2n) is 4.16. The molecular formula is C12H17NO2. The highest BCUT2D eigenvalue weighted by Crippen LogP contribution is 2.21. The number of carbonyl (C=O) groups is 1. The molecule has 0 saturated carbocycles. The highest BCUT2D eigenvalue weighted by atomic mass is 16.5. The second kappa shape index (κ2) is 4.45. The van der Waals surface area contributed by atoms with Crippen LogP contribution in [-0.4, -0.2) is 19.6 Å². The topological polar surface area (TPSA) is 52.3 Å². The van der Waals surface area contributed by atoms with Crippen molar-refractivity contribution in [2.45, 2.75) is 19.3 Å². The average Bonchev–Trinajstić information content (AvgIpc) is 2.28. The summed E-state index contributed by atoms with van der Waals surface area (Å²) in [6.45, 7) is 4.71. The van der Waals surface area contributed by atoms with Crippen molar-refractivity contribution < 1.29 is 9.53 Å². The Labute approximate surface area is 90.2 Å². The summed E-state index contributed by atoms with van der Waals surface area (Å²) in [4.78, 5) is 11.2. The molecule has 0 unspecified atom stereocenters. The number of rotatable bonds is 3. The first-order valence-electron chi connectivity index (χ1n) is 4.90. The van der Waals surface area contributed by atoms with Crippen LogP contribution in [0, 0.1) is 0 Å². The van der Waals surface area contributed by atoms with E-state index < -0.39 is 0 Å². The molecule has 0 fully saturated rings. The summed E-state index contributed by atoms with van der Waals surface area (Å²) in [6, 6.07) is 7.36. The van der Waals surface area contributed by atoms with Gasteiger partial charge in [-0.1, -0.05) is 26.0 Å². The fourth-order valence-electron chi connectivity index (χ4n) is 1.29. The van der Waals surface area contributed by atoms with E-state index in [1.165, 1.54) is 7.11 Å². The number of carbonyl (C=O) groups excluding carboxylic acids is 1. The molecule has 0 aliphatic rings. The Balaban J connectivity index is 2.95. The number of hydrogen-bond donors (Lipinski definition) is 1. The molecule has 0 spiro atoms. The minimum absolute atomic E-state index is 0.0609. The molecule has 0 radical (unpaired) electrons. The summed E-state index contributed by atoms with van der Waals surface area (Å²) in [5.41, 5.74) is 7.30. The first kappa shape index (κ1) is 11.7. The Morgan fingerprint density at radius 1 is 1.33 bits per heavy atom. The third kappa shape index (κ3) is 2.57. The molecule has 82 valence electrons. The van der Waals surface area contributed by atoms with Crippen LogP contribution < -0.4 is 5.73 Å². The van der Waals surface area contributed by atoms with Gasteiger partial charge in [0.25, 0.3) is 0 Å². The zero-order chi connectivity index (χ0) is 11.5. The molecule has 1 rings (SSSR count). The van der Waals surface area contributed by atoms with E-state index >= 15 is 0 Å². The first-order valence-corrected chi connectivity index (χ1v) is 4.90. The molecule has 1 aromatic rings. The van der Waals surface area contributed by atoms with Gasteiger partial charge in [0.15, 0.2) is 0 Å². The highest BCUT2D eigenvalue weighted by molar-refractivity contribution is 5.89. The van der Waals surface area contributed by atoms with Crippen molar-refractivity contribution in [1.29, 1.82) is 0 Å². The maximum Gasteiger partial charge on any atom is 0.337 e. The Hall–Kier alpha value is -1.35. The molecule has 3 heteroatoms. The molecule has 0 atom stereocenters. The monoisotopic (exact) mass is 207 g/mol. The minimum atomic E-state index is -0.313. The van der Waals surface area contributed by atoms with E-state index in [9.17, 15) is 4.79 Å². The van der Waals surface area contributed by atoms with E-state index in [-0.39, 0.29) is 11.4 Å². The van der Waals surface area contributed by atoms with Crippen LogP contribution in [0.4, 0.5) is 0 Å². The van der Waals surface area contributed by atoms with Crippen LogP contribution in [0.1, 0.15) is 29.8 Å². The van der Waals surface area contributed by atoms with Gasteiger partial charge in [-0.05, 0) is 17.7 Å². The van der Waals surface area contributed by atoms with Crippen molar-refractivity contribution in [2.75, 3.05) is 13.7 Å². The molecule has 0 aromatic heterocycles. The summed E-state index contributed by atoms with van der Waals surface area (Å²) in [5, 5.41) is 0. The average molecular weight is 207 g/mol. The molecule has 0 aliphatic heterocycles. The van der Waals surface area contributed by atoms with Gasteiger partial charge in [0.2, 0.25) is 0 Å². The quantitative estimate of drug-likeness (QED) is 0.768. The predicted molar refractivity (Wildman–Crippen MR) is 59.9 cm³/mol. The van der Waals surface area contributed by atoms with Crippen molar-refractivity contribution in [3.05, 3.63) is 35.4 Å². The fourth-order valence-corrected chi connectivity index (χ4v) is 1.29. The molecule has 0 amide bonds. The lowest BCUT2D eigenvalue weighted by molar-refractivity contribution is 0.0600. The molecular weight excluding hydrogens is 190 g/mol. The number of benzene rings is 1. The zero-order valence-electron chi connectivity index (χ0n) is 9.41. The predicted octanol–water partition coefficient (Wildman–Crippen LogP) is 1.71. The molecule has 15 heavy (non-hydrogen) atoms. The van der Waals surface area contributed by atoms with Gasteiger partial charge in [-0.15, -0.1) is 0 Å². The van der Waals surface area contributed by atoms with E-state index in [0.717, 1.165) is 5.56 Å². The van der Waals surface area contributed by atoms with Crippen LogP contribution in [-0.2, 0) is 10.2 Å². The third-order valence-corrected chi connectivity index (χ3v) is 2.60. The minimum Gasteiger partial charge on any atom is -0.465 e. The molecule has 0 bridgehead atoms. The van der Waals surface area contributed by atoms with Crippen molar-refractivity contribution in [3.8, 4) is 0 Å². The fraction of sp³-hybridized carbons (Fsp3) is 0.417. The lowest BCUT2D eigenvalue weighted by Crippen LogP contribution is -2.28. The Morgan fingerprint density at radius 3 is 2.27 bits per heavy atom. The standard InChI is InChI=1S/C12H17NO2/c1-12(2,8-13)10-6-4-9(5-7-10)11(14)15-3/h4-7H,8,13H2,1-3H3. The number of esters is 1. The Morgan fingerprint density at radius 2 is 1.87 bits per heavy atom. The smallest absolute Gasteiger partial charge is 0.337 e. The summed E-state index contributed by atoms with van der Waals surface area (Å²) < 4.78 is 4.62.